The Morgan fingerprint density at radius 2 is 1.14 bits per heavy atom. The quantitative estimate of drug-likeness (QED) is 0.236. The van der Waals surface area contributed by atoms with Crippen molar-refractivity contribution in [1.29, 1.82) is 0 Å². The van der Waals surface area contributed by atoms with Gasteiger partial charge in [0.05, 0.1) is 25.3 Å². The highest BCUT2D eigenvalue weighted by atomic mass is 16.5. The summed E-state index contributed by atoms with van der Waals surface area (Å²) in [5.74, 6) is -0.716. The molecule has 5 aromatic carbocycles. The van der Waals surface area contributed by atoms with Crippen LogP contribution in [-0.4, -0.2) is 26.2 Å². The molecule has 37 heavy (non-hydrogen) atoms. The molecule has 0 unspecified atom stereocenters. The standard InChI is InChI=1S/C33H26O4/c1-36-32(34)25-15-13-22(14-16-25)19-28-20-26-17-18-27(33(35)37-2)21-29(26)31(24-11-7-4-8-12-24)30(28)23-9-5-3-6-10-23/h3-18,20-21H,19H2,1-2H3. The van der Waals surface area contributed by atoms with Crippen molar-refractivity contribution < 1.29 is 19.1 Å². The van der Waals surface area contributed by atoms with Crippen molar-refractivity contribution in [3.63, 3.8) is 0 Å². The first kappa shape index (κ1) is 24.0. The molecule has 0 bridgehead atoms. The summed E-state index contributed by atoms with van der Waals surface area (Å²) in [6.07, 6.45) is 0.667. The third-order valence-electron chi connectivity index (χ3n) is 6.54. The zero-order chi connectivity index (χ0) is 25.8. The highest BCUT2D eigenvalue weighted by Crippen LogP contribution is 2.42. The number of methoxy groups -OCH3 is 2. The molecule has 0 aliphatic heterocycles. The van der Waals surface area contributed by atoms with Crippen LogP contribution in [0, 0.1) is 0 Å². The highest BCUT2D eigenvalue weighted by Gasteiger charge is 2.19. The van der Waals surface area contributed by atoms with Gasteiger partial charge in [0.15, 0.2) is 0 Å². The minimum Gasteiger partial charge on any atom is -0.465 e. The van der Waals surface area contributed by atoms with E-state index in [9.17, 15) is 9.59 Å². The fourth-order valence-corrected chi connectivity index (χ4v) is 4.77. The second-order valence-electron chi connectivity index (χ2n) is 8.81. The lowest BCUT2D eigenvalue weighted by Gasteiger charge is -2.20. The Morgan fingerprint density at radius 3 is 1.73 bits per heavy atom. The number of carbonyl (C=O) groups excluding carboxylic acids is 2. The lowest BCUT2D eigenvalue weighted by molar-refractivity contribution is 0.0592. The summed E-state index contributed by atoms with van der Waals surface area (Å²) < 4.78 is 9.86. The summed E-state index contributed by atoms with van der Waals surface area (Å²) in [6.45, 7) is 0. The Balaban J connectivity index is 1.78. The fourth-order valence-electron chi connectivity index (χ4n) is 4.77. The van der Waals surface area contributed by atoms with Crippen molar-refractivity contribution in [3.8, 4) is 22.3 Å². The molecule has 0 radical (unpaired) electrons. The van der Waals surface area contributed by atoms with Gasteiger partial charge in [-0.25, -0.2) is 9.59 Å². The minimum atomic E-state index is -0.364. The molecule has 0 fully saturated rings. The van der Waals surface area contributed by atoms with Crippen molar-refractivity contribution in [2.24, 2.45) is 0 Å². The Morgan fingerprint density at radius 1 is 0.595 bits per heavy atom. The molecule has 182 valence electrons. The SMILES string of the molecule is COC(=O)c1ccc(Cc2cc3ccc(C(=O)OC)cc3c(-c3ccccc3)c2-c2ccccc2)cc1. The summed E-state index contributed by atoms with van der Waals surface area (Å²) in [4.78, 5) is 24.3. The van der Waals surface area contributed by atoms with Crippen LogP contribution in [0.4, 0.5) is 0 Å². The Labute approximate surface area is 216 Å². The zero-order valence-corrected chi connectivity index (χ0v) is 20.7. The molecule has 5 rings (SSSR count). The van der Waals surface area contributed by atoms with E-state index in [1.54, 1.807) is 18.2 Å². The maximum absolute atomic E-state index is 12.4. The monoisotopic (exact) mass is 486 g/mol. The van der Waals surface area contributed by atoms with E-state index in [4.69, 9.17) is 9.47 Å². The summed E-state index contributed by atoms with van der Waals surface area (Å²) in [7, 11) is 2.78. The number of rotatable bonds is 6. The molecular formula is C33H26O4. The van der Waals surface area contributed by atoms with E-state index in [0.717, 1.165) is 44.2 Å². The molecule has 0 heterocycles. The maximum atomic E-state index is 12.4. The van der Waals surface area contributed by atoms with Gasteiger partial charge in [-0.2, -0.15) is 0 Å². The summed E-state index contributed by atoms with van der Waals surface area (Å²) in [6, 6.07) is 36.0. The van der Waals surface area contributed by atoms with Gasteiger partial charge in [0, 0.05) is 0 Å². The molecule has 4 heteroatoms. The predicted molar refractivity (Wildman–Crippen MR) is 147 cm³/mol. The summed E-state index contributed by atoms with van der Waals surface area (Å²) >= 11 is 0. The van der Waals surface area contributed by atoms with Gasteiger partial charge in [-0.1, -0.05) is 84.9 Å². The van der Waals surface area contributed by atoms with Crippen LogP contribution in [0.15, 0.2) is 109 Å². The molecule has 0 N–H and O–H groups in total. The van der Waals surface area contributed by atoms with Crippen molar-refractivity contribution in [2.45, 2.75) is 6.42 Å². The first-order valence-corrected chi connectivity index (χ1v) is 12.0. The molecule has 0 saturated carbocycles. The molecular weight excluding hydrogens is 460 g/mol. The number of hydrogen-bond acceptors (Lipinski definition) is 4. The van der Waals surface area contributed by atoms with E-state index in [1.165, 1.54) is 14.2 Å². The second kappa shape index (κ2) is 10.5. The maximum Gasteiger partial charge on any atom is 0.337 e. The van der Waals surface area contributed by atoms with E-state index >= 15 is 0 Å². The van der Waals surface area contributed by atoms with Crippen molar-refractivity contribution >= 4 is 22.7 Å². The molecule has 0 aliphatic carbocycles. The second-order valence-corrected chi connectivity index (χ2v) is 8.81. The lowest BCUT2D eigenvalue weighted by Crippen LogP contribution is -2.03. The molecule has 0 atom stereocenters. The topological polar surface area (TPSA) is 52.6 Å². The predicted octanol–water partition coefficient (Wildman–Crippen LogP) is 7.34. The number of carbonyl (C=O) groups is 2. The van der Waals surface area contributed by atoms with Gasteiger partial charge in [0.25, 0.3) is 0 Å². The third-order valence-corrected chi connectivity index (χ3v) is 6.54. The number of hydrogen-bond donors (Lipinski definition) is 0. The fraction of sp³-hybridized carbons (Fsp3) is 0.0909. The molecule has 0 aliphatic rings. The van der Waals surface area contributed by atoms with Crippen LogP contribution in [0.3, 0.4) is 0 Å². The average molecular weight is 487 g/mol. The van der Waals surface area contributed by atoms with Crippen LogP contribution in [0.2, 0.25) is 0 Å². The molecule has 0 amide bonds. The van der Waals surface area contributed by atoms with E-state index in [2.05, 4.69) is 30.3 Å². The minimum absolute atomic E-state index is 0.352. The molecule has 0 aromatic heterocycles. The Kier molecular flexibility index (Phi) is 6.82. The van der Waals surface area contributed by atoms with Crippen molar-refractivity contribution in [1.82, 2.24) is 0 Å². The van der Waals surface area contributed by atoms with Crippen LogP contribution in [0.25, 0.3) is 33.0 Å². The van der Waals surface area contributed by atoms with E-state index in [0.29, 0.717) is 17.5 Å². The van der Waals surface area contributed by atoms with Crippen molar-refractivity contribution in [3.05, 3.63) is 131 Å². The van der Waals surface area contributed by atoms with Gasteiger partial charge < -0.3 is 9.47 Å². The largest absolute Gasteiger partial charge is 0.465 e. The smallest absolute Gasteiger partial charge is 0.337 e. The molecule has 0 saturated heterocycles. The average Bonchev–Trinajstić information content (AvgIpc) is 2.96. The van der Waals surface area contributed by atoms with Gasteiger partial charge in [-0.3, -0.25) is 0 Å². The van der Waals surface area contributed by atoms with Gasteiger partial charge in [0.2, 0.25) is 0 Å². The first-order valence-electron chi connectivity index (χ1n) is 12.0. The first-order chi connectivity index (χ1) is 18.1. The molecule has 5 aromatic rings. The van der Waals surface area contributed by atoms with Gasteiger partial charge in [-0.15, -0.1) is 0 Å². The Bertz CT molecular complexity index is 1570. The zero-order valence-electron chi connectivity index (χ0n) is 20.7. The van der Waals surface area contributed by atoms with Crippen LogP contribution < -0.4 is 0 Å². The van der Waals surface area contributed by atoms with Crippen LogP contribution in [0.5, 0.6) is 0 Å². The van der Waals surface area contributed by atoms with Gasteiger partial charge >= 0.3 is 11.9 Å². The van der Waals surface area contributed by atoms with Crippen LogP contribution in [0.1, 0.15) is 31.8 Å². The van der Waals surface area contributed by atoms with Gasteiger partial charge in [0.1, 0.15) is 0 Å². The molecule has 4 nitrogen and oxygen atoms in total. The summed E-state index contributed by atoms with van der Waals surface area (Å²) in [5.41, 5.74) is 7.59. The lowest BCUT2D eigenvalue weighted by atomic mass is 9.84. The van der Waals surface area contributed by atoms with E-state index in [-0.39, 0.29) is 11.9 Å². The number of ether oxygens (including phenoxy) is 2. The Hall–Kier alpha value is -4.70. The normalized spacial score (nSPS) is 10.8. The van der Waals surface area contributed by atoms with Crippen molar-refractivity contribution in [2.75, 3.05) is 14.2 Å². The van der Waals surface area contributed by atoms with Crippen LogP contribution >= 0.6 is 0 Å². The van der Waals surface area contributed by atoms with E-state index < -0.39 is 0 Å². The van der Waals surface area contributed by atoms with E-state index in [1.807, 2.05) is 60.7 Å². The third kappa shape index (κ3) is 4.87. The molecule has 0 spiro atoms. The van der Waals surface area contributed by atoms with Crippen LogP contribution in [-0.2, 0) is 15.9 Å². The summed E-state index contributed by atoms with van der Waals surface area (Å²) in [5, 5.41) is 2.02. The highest BCUT2D eigenvalue weighted by molar-refractivity contribution is 6.08. The van der Waals surface area contributed by atoms with Gasteiger partial charge in [-0.05, 0) is 74.8 Å². The number of esters is 2. The number of fused-ring (bicyclic) bond motifs is 1. The number of benzene rings is 5.